The van der Waals surface area contributed by atoms with E-state index >= 15 is 0 Å². The van der Waals surface area contributed by atoms with Gasteiger partial charge in [-0.15, -0.1) is 0 Å². The third-order valence-electron chi connectivity index (χ3n) is 2.06. The fourth-order valence-corrected chi connectivity index (χ4v) is 1.39. The number of hydrogen-bond donors (Lipinski definition) is 1. The van der Waals surface area contributed by atoms with Gasteiger partial charge in [0, 0.05) is 0 Å². The van der Waals surface area contributed by atoms with E-state index in [0.717, 1.165) is 18.7 Å². The minimum Gasteiger partial charge on any atom is -0.384 e. The number of nitrogens with zero attached hydrogens (tertiary/aromatic N) is 1. The Hall–Kier alpha value is -1.35. The molecule has 13 heavy (non-hydrogen) atoms. The van der Waals surface area contributed by atoms with Gasteiger partial charge in [-0.05, 0) is 24.1 Å². The van der Waals surface area contributed by atoms with E-state index in [-0.39, 0.29) is 0 Å². The Balaban J connectivity index is 2.29. The van der Waals surface area contributed by atoms with Crippen molar-refractivity contribution in [3.63, 3.8) is 0 Å². The van der Waals surface area contributed by atoms with Gasteiger partial charge in [0.15, 0.2) is 0 Å². The van der Waals surface area contributed by atoms with Gasteiger partial charge in [0.1, 0.15) is 5.82 Å². The maximum Gasteiger partial charge on any atom is 0.124 e. The smallest absolute Gasteiger partial charge is 0.124 e. The van der Waals surface area contributed by atoms with Gasteiger partial charge < -0.3 is 10.5 Å². The highest BCUT2D eigenvalue weighted by molar-refractivity contribution is 5.64. The summed E-state index contributed by atoms with van der Waals surface area (Å²) in [6.45, 7) is 1.47. The lowest BCUT2D eigenvalue weighted by Gasteiger charge is -2.12. The molecular weight excluding hydrogens is 164 g/mol. The Morgan fingerprint density at radius 3 is 3.00 bits per heavy atom. The van der Waals surface area contributed by atoms with E-state index in [2.05, 4.69) is 11.1 Å². The van der Waals surface area contributed by atoms with Crippen LogP contribution in [0.3, 0.4) is 0 Å². The number of hydrogen-bond acceptors (Lipinski definition) is 3. The molecule has 0 amide bonds. The van der Waals surface area contributed by atoms with Crippen LogP contribution >= 0.6 is 0 Å². The lowest BCUT2D eigenvalue weighted by Crippen LogP contribution is -2.05. The van der Waals surface area contributed by atoms with Gasteiger partial charge in [0.05, 0.1) is 18.9 Å². The fraction of sp³-hybridized carbons (Fsp3) is 0.300. The van der Waals surface area contributed by atoms with Gasteiger partial charge in [-0.2, -0.15) is 0 Å². The summed E-state index contributed by atoms with van der Waals surface area (Å²) >= 11 is 0. The molecule has 0 spiro atoms. The molecule has 3 nitrogen and oxygen atoms in total. The van der Waals surface area contributed by atoms with Crippen molar-refractivity contribution in [3.8, 4) is 0 Å². The molecule has 0 saturated carbocycles. The summed E-state index contributed by atoms with van der Waals surface area (Å²) in [6.07, 6.45) is 2.99. The monoisotopic (exact) mass is 176 g/mol. The zero-order valence-corrected chi connectivity index (χ0v) is 7.36. The third-order valence-corrected chi connectivity index (χ3v) is 2.06. The second-order valence-electron chi connectivity index (χ2n) is 3.00. The highest BCUT2D eigenvalue weighted by atomic mass is 16.5. The third kappa shape index (κ3) is 1.87. The van der Waals surface area contributed by atoms with Crippen molar-refractivity contribution in [2.45, 2.75) is 6.42 Å². The lowest BCUT2D eigenvalue weighted by molar-refractivity contribution is 0.161. The Labute approximate surface area is 77.2 Å². The minimum atomic E-state index is 0.574. The van der Waals surface area contributed by atoms with Crippen LogP contribution in [0.15, 0.2) is 24.3 Å². The molecule has 2 N–H and O–H groups in total. The normalized spacial score (nSPS) is 16.8. The molecule has 0 aromatic carbocycles. The first-order valence-corrected chi connectivity index (χ1v) is 4.36. The van der Waals surface area contributed by atoms with E-state index < -0.39 is 0 Å². The topological polar surface area (TPSA) is 48.1 Å². The largest absolute Gasteiger partial charge is 0.384 e. The first kappa shape index (κ1) is 8.26. The van der Waals surface area contributed by atoms with Crippen LogP contribution in [0.5, 0.6) is 0 Å². The number of rotatable bonds is 1. The van der Waals surface area contributed by atoms with Gasteiger partial charge in [-0.1, -0.05) is 12.1 Å². The number of aromatic nitrogens is 1. The molecule has 1 aromatic heterocycles. The van der Waals surface area contributed by atoms with Crippen molar-refractivity contribution in [2.75, 3.05) is 18.9 Å². The second kappa shape index (κ2) is 3.58. The van der Waals surface area contributed by atoms with Gasteiger partial charge >= 0.3 is 0 Å². The van der Waals surface area contributed by atoms with E-state index in [1.807, 2.05) is 12.1 Å². The van der Waals surface area contributed by atoms with E-state index in [0.29, 0.717) is 12.4 Å². The molecule has 0 unspecified atom stereocenters. The summed E-state index contributed by atoms with van der Waals surface area (Å²) in [6, 6.07) is 5.70. The summed E-state index contributed by atoms with van der Waals surface area (Å²) in [5, 5.41) is 0. The Morgan fingerprint density at radius 2 is 2.31 bits per heavy atom. The summed E-state index contributed by atoms with van der Waals surface area (Å²) in [5.74, 6) is 0.574. The van der Waals surface area contributed by atoms with E-state index in [9.17, 15) is 0 Å². The van der Waals surface area contributed by atoms with Crippen molar-refractivity contribution < 1.29 is 4.74 Å². The van der Waals surface area contributed by atoms with Crippen molar-refractivity contribution >= 4 is 11.4 Å². The molecule has 0 bridgehead atoms. The van der Waals surface area contributed by atoms with E-state index in [1.165, 1.54) is 5.57 Å². The van der Waals surface area contributed by atoms with Gasteiger partial charge in [0.25, 0.3) is 0 Å². The number of nitrogen functional groups attached to an aromatic ring is 1. The van der Waals surface area contributed by atoms with Crippen LogP contribution in [0.4, 0.5) is 5.82 Å². The van der Waals surface area contributed by atoms with Crippen LogP contribution in [-0.4, -0.2) is 18.2 Å². The molecule has 1 aliphatic heterocycles. The van der Waals surface area contributed by atoms with Crippen LogP contribution in [0.25, 0.3) is 5.57 Å². The molecule has 0 fully saturated rings. The van der Waals surface area contributed by atoms with Crippen LogP contribution < -0.4 is 5.73 Å². The highest BCUT2D eigenvalue weighted by Gasteiger charge is 2.06. The molecule has 0 saturated heterocycles. The van der Waals surface area contributed by atoms with Crippen molar-refractivity contribution in [2.24, 2.45) is 0 Å². The maximum absolute atomic E-state index is 5.60. The molecular formula is C10H12N2O. The van der Waals surface area contributed by atoms with E-state index in [1.54, 1.807) is 6.07 Å². The van der Waals surface area contributed by atoms with Crippen LogP contribution in [0.1, 0.15) is 12.1 Å². The van der Waals surface area contributed by atoms with Gasteiger partial charge in [-0.3, -0.25) is 0 Å². The Kier molecular flexibility index (Phi) is 2.27. The predicted octanol–water partition coefficient (Wildman–Crippen LogP) is 1.47. The molecule has 3 heteroatoms. The number of anilines is 1. The Morgan fingerprint density at radius 1 is 1.38 bits per heavy atom. The number of pyridine rings is 1. The first-order chi connectivity index (χ1) is 6.36. The first-order valence-electron chi connectivity index (χ1n) is 4.36. The second-order valence-corrected chi connectivity index (χ2v) is 3.00. The molecule has 0 atom stereocenters. The standard InChI is InChI=1S/C10H12N2O/c11-10-3-1-2-9(12-10)8-4-6-13-7-5-8/h1-4H,5-7H2,(H2,11,12). The summed E-state index contributed by atoms with van der Waals surface area (Å²) < 4.78 is 5.22. The SMILES string of the molecule is Nc1cccc(C2=CCOCC2)n1. The predicted molar refractivity (Wildman–Crippen MR) is 52.1 cm³/mol. The summed E-state index contributed by atoms with van der Waals surface area (Å²) in [7, 11) is 0. The van der Waals surface area contributed by atoms with Crippen molar-refractivity contribution in [1.82, 2.24) is 4.98 Å². The average molecular weight is 176 g/mol. The summed E-state index contributed by atoms with van der Waals surface area (Å²) in [5.41, 5.74) is 7.81. The maximum atomic E-state index is 5.60. The number of nitrogens with two attached hydrogens (primary N) is 1. The highest BCUT2D eigenvalue weighted by Crippen LogP contribution is 2.19. The van der Waals surface area contributed by atoms with Gasteiger partial charge in [0.2, 0.25) is 0 Å². The molecule has 2 heterocycles. The molecule has 1 aromatic rings. The average Bonchev–Trinajstić information content (AvgIpc) is 2.19. The van der Waals surface area contributed by atoms with Crippen molar-refractivity contribution in [1.29, 1.82) is 0 Å². The minimum absolute atomic E-state index is 0.574. The van der Waals surface area contributed by atoms with Crippen LogP contribution in [-0.2, 0) is 4.74 Å². The number of ether oxygens (including phenoxy) is 1. The zero-order valence-electron chi connectivity index (χ0n) is 7.36. The zero-order chi connectivity index (χ0) is 9.10. The molecule has 0 radical (unpaired) electrons. The molecule has 2 rings (SSSR count). The fourth-order valence-electron chi connectivity index (χ4n) is 1.39. The summed E-state index contributed by atoms with van der Waals surface area (Å²) in [4.78, 5) is 4.25. The van der Waals surface area contributed by atoms with Crippen LogP contribution in [0, 0.1) is 0 Å². The molecule has 1 aliphatic rings. The molecule has 0 aliphatic carbocycles. The van der Waals surface area contributed by atoms with Crippen LogP contribution in [0.2, 0.25) is 0 Å². The Bertz CT molecular complexity index is 333. The molecule has 68 valence electrons. The van der Waals surface area contributed by atoms with Crippen molar-refractivity contribution in [3.05, 3.63) is 30.0 Å². The quantitative estimate of drug-likeness (QED) is 0.704. The lowest BCUT2D eigenvalue weighted by atomic mass is 10.1. The van der Waals surface area contributed by atoms with E-state index in [4.69, 9.17) is 10.5 Å². The van der Waals surface area contributed by atoms with Gasteiger partial charge in [-0.25, -0.2) is 4.98 Å².